The number of piperazine rings is 1. The predicted octanol–water partition coefficient (Wildman–Crippen LogP) is 3.00. The highest BCUT2D eigenvalue weighted by Crippen LogP contribution is 2.18. The lowest BCUT2D eigenvalue weighted by molar-refractivity contribution is 0.0663. The van der Waals surface area contributed by atoms with Gasteiger partial charge in [0.25, 0.3) is 0 Å². The maximum absolute atomic E-state index is 13.0. The fourth-order valence-corrected chi connectivity index (χ4v) is 3.19. The lowest BCUT2D eigenvalue weighted by Crippen LogP contribution is -2.49. The average molecular weight is 358 g/mol. The zero-order chi connectivity index (χ0) is 18.5. The van der Waals surface area contributed by atoms with Gasteiger partial charge in [-0.1, -0.05) is 6.07 Å². The summed E-state index contributed by atoms with van der Waals surface area (Å²) in [5, 5.41) is 10.3. The van der Waals surface area contributed by atoms with Crippen molar-refractivity contribution in [1.82, 2.24) is 4.90 Å². The first kappa shape index (κ1) is 18.7. The fourth-order valence-electron chi connectivity index (χ4n) is 3.19. The molecule has 0 spiro atoms. The molecule has 2 aromatic carbocycles. The molecule has 5 heteroatoms. The van der Waals surface area contributed by atoms with Crippen molar-refractivity contribution >= 4 is 5.69 Å². The second-order valence-corrected chi connectivity index (χ2v) is 6.97. The van der Waals surface area contributed by atoms with E-state index >= 15 is 0 Å². The number of nitrogens with zero attached hydrogens (tertiary/aromatic N) is 2. The average Bonchev–Trinajstić information content (AvgIpc) is 2.64. The van der Waals surface area contributed by atoms with Crippen LogP contribution in [0.5, 0.6) is 5.75 Å². The number of aliphatic hydroxyl groups is 1. The van der Waals surface area contributed by atoms with Crippen molar-refractivity contribution in [3.8, 4) is 5.75 Å². The zero-order valence-corrected chi connectivity index (χ0v) is 15.5. The molecule has 0 unspecified atom stereocenters. The van der Waals surface area contributed by atoms with Gasteiger partial charge in [0.15, 0.2) is 0 Å². The van der Waals surface area contributed by atoms with Gasteiger partial charge < -0.3 is 14.7 Å². The number of rotatable bonds is 6. The molecule has 3 rings (SSSR count). The molecule has 2 aromatic rings. The van der Waals surface area contributed by atoms with Crippen molar-refractivity contribution < 1.29 is 14.2 Å². The molecule has 1 N–H and O–H groups in total. The van der Waals surface area contributed by atoms with Crippen molar-refractivity contribution in [2.24, 2.45) is 0 Å². The molecule has 0 bridgehead atoms. The van der Waals surface area contributed by atoms with Crippen LogP contribution in [0.3, 0.4) is 0 Å². The lowest BCUT2D eigenvalue weighted by atomic mass is 10.1. The Bertz CT molecular complexity index is 712. The number of aryl methyl sites for hydroxylation is 2. The molecular weight excluding hydrogens is 331 g/mol. The Morgan fingerprint density at radius 2 is 1.69 bits per heavy atom. The first-order valence-corrected chi connectivity index (χ1v) is 9.12. The Morgan fingerprint density at radius 1 is 1.00 bits per heavy atom. The maximum Gasteiger partial charge on any atom is 0.123 e. The van der Waals surface area contributed by atoms with Crippen LogP contribution in [0.4, 0.5) is 10.1 Å². The van der Waals surface area contributed by atoms with E-state index < -0.39 is 6.10 Å². The van der Waals surface area contributed by atoms with Crippen molar-refractivity contribution in [2.75, 3.05) is 44.2 Å². The predicted molar refractivity (Wildman–Crippen MR) is 102 cm³/mol. The third-order valence-corrected chi connectivity index (χ3v) is 4.95. The standard InChI is InChI=1S/C21H27FN2O2/c1-16-3-8-21(13-17(16)2)26-15-20(25)14-23-9-11-24(12-10-23)19-6-4-18(22)5-7-19/h3-8,13,20,25H,9-12,14-15H2,1-2H3/t20-/m0/s1. The van der Waals surface area contributed by atoms with E-state index in [4.69, 9.17) is 4.74 Å². The first-order valence-electron chi connectivity index (χ1n) is 9.12. The fraction of sp³-hybridized carbons (Fsp3) is 0.429. The van der Waals surface area contributed by atoms with E-state index in [0.717, 1.165) is 37.6 Å². The number of aliphatic hydroxyl groups excluding tert-OH is 1. The van der Waals surface area contributed by atoms with Gasteiger partial charge in [-0.3, -0.25) is 4.90 Å². The summed E-state index contributed by atoms with van der Waals surface area (Å²) in [5.41, 5.74) is 3.47. The van der Waals surface area contributed by atoms with E-state index in [9.17, 15) is 9.50 Å². The van der Waals surface area contributed by atoms with E-state index in [1.807, 2.05) is 30.3 Å². The summed E-state index contributed by atoms with van der Waals surface area (Å²) in [5.74, 6) is 0.590. The van der Waals surface area contributed by atoms with Gasteiger partial charge in [0.1, 0.15) is 24.3 Å². The van der Waals surface area contributed by atoms with Gasteiger partial charge in [-0.05, 0) is 61.4 Å². The van der Waals surface area contributed by atoms with Gasteiger partial charge in [0.05, 0.1) is 0 Å². The van der Waals surface area contributed by atoms with Crippen LogP contribution in [0.15, 0.2) is 42.5 Å². The number of halogens is 1. The SMILES string of the molecule is Cc1ccc(OC[C@@H](O)CN2CCN(c3ccc(F)cc3)CC2)cc1C. The third-order valence-electron chi connectivity index (χ3n) is 4.95. The molecule has 0 amide bonds. The number of β-amino-alcohol motifs (C(OH)–C–C–N with tert-alkyl or cyclic N) is 1. The van der Waals surface area contributed by atoms with Gasteiger partial charge in [-0.15, -0.1) is 0 Å². The van der Waals surface area contributed by atoms with Crippen molar-refractivity contribution in [1.29, 1.82) is 0 Å². The van der Waals surface area contributed by atoms with E-state index in [1.54, 1.807) is 0 Å². The summed E-state index contributed by atoms with van der Waals surface area (Å²) < 4.78 is 18.8. The van der Waals surface area contributed by atoms with Gasteiger partial charge in [0.2, 0.25) is 0 Å². The van der Waals surface area contributed by atoms with Gasteiger partial charge in [-0.2, -0.15) is 0 Å². The first-order chi connectivity index (χ1) is 12.5. The van der Waals surface area contributed by atoms with Crippen molar-refractivity contribution in [3.05, 3.63) is 59.4 Å². The molecule has 4 nitrogen and oxygen atoms in total. The second-order valence-electron chi connectivity index (χ2n) is 6.97. The molecule has 0 aromatic heterocycles. The van der Waals surface area contributed by atoms with Crippen LogP contribution >= 0.6 is 0 Å². The Hall–Kier alpha value is -2.11. The Balaban J connectivity index is 1.42. The van der Waals surface area contributed by atoms with Crippen LogP contribution in [-0.2, 0) is 0 Å². The molecule has 0 aliphatic carbocycles. The normalized spacial score (nSPS) is 16.5. The molecule has 140 valence electrons. The molecular formula is C21H27FN2O2. The molecule has 1 saturated heterocycles. The Labute approximate surface area is 154 Å². The minimum Gasteiger partial charge on any atom is -0.491 e. The summed E-state index contributed by atoms with van der Waals surface area (Å²) >= 11 is 0. The third kappa shape index (κ3) is 4.96. The lowest BCUT2D eigenvalue weighted by Gasteiger charge is -2.36. The number of hydrogen-bond acceptors (Lipinski definition) is 4. The molecule has 26 heavy (non-hydrogen) atoms. The van der Waals surface area contributed by atoms with Crippen LogP contribution in [0.1, 0.15) is 11.1 Å². The smallest absolute Gasteiger partial charge is 0.123 e. The molecule has 1 atom stereocenters. The molecule has 0 radical (unpaired) electrons. The number of hydrogen-bond donors (Lipinski definition) is 1. The number of ether oxygens (including phenoxy) is 1. The van der Waals surface area contributed by atoms with E-state index in [2.05, 4.69) is 23.6 Å². The summed E-state index contributed by atoms with van der Waals surface area (Å²) in [4.78, 5) is 4.49. The second kappa shape index (κ2) is 8.52. The van der Waals surface area contributed by atoms with Crippen LogP contribution in [0.25, 0.3) is 0 Å². The van der Waals surface area contributed by atoms with Crippen LogP contribution in [0.2, 0.25) is 0 Å². The summed E-state index contributed by atoms with van der Waals surface area (Å²) in [6.07, 6.45) is -0.519. The largest absolute Gasteiger partial charge is 0.491 e. The molecule has 1 aliphatic heterocycles. The topological polar surface area (TPSA) is 35.9 Å². The van der Waals surface area contributed by atoms with E-state index in [-0.39, 0.29) is 5.82 Å². The van der Waals surface area contributed by atoms with E-state index in [0.29, 0.717) is 13.2 Å². The highest BCUT2D eigenvalue weighted by Gasteiger charge is 2.19. The molecule has 1 fully saturated rings. The molecule has 1 aliphatic rings. The molecule has 0 saturated carbocycles. The van der Waals surface area contributed by atoms with Crippen LogP contribution in [0, 0.1) is 19.7 Å². The van der Waals surface area contributed by atoms with Gasteiger partial charge in [0, 0.05) is 38.4 Å². The highest BCUT2D eigenvalue weighted by atomic mass is 19.1. The van der Waals surface area contributed by atoms with Crippen molar-refractivity contribution in [3.63, 3.8) is 0 Å². The minimum atomic E-state index is -0.519. The monoisotopic (exact) mass is 358 g/mol. The number of benzene rings is 2. The zero-order valence-electron chi connectivity index (χ0n) is 15.5. The maximum atomic E-state index is 13.0. The van der Waals surface area contributed by atoms with E-state index in [1.165, 1.54) is 23.3 Å². The summed E-state index contributed by atoms with van der Waals surface area (Å²) in [6, 6.07) is 12.6. The van der Waals surface area contributed by atoms with Gasteiger partial charge in [-0.25, -0.2) is 4.39 Å². The van der Waals surface area contributed by atoms with Crippen LogP contribution < -0.4 is 9.64 Å². The quantitative estimate of drug-likeness (QED) is 0.861. The van der Waals surface area contributed by atoms with Gasteiger partial charge >= 0.3 is 0 Å². The summed E-state index contributed by atoms with van der Waals surface area (Å²) in [6.45, 7) is 8.50. The molecule has 1 heterocycles. The Morgan fingerprint density at radius 3 is 2.35 bits per heavy atom. The minimum absolute atomic E-state index is 0.209. The summed E-state index contributed by atoms with van der Waals surface area (Å²) in [7, 11) is 0. The Kier molecular flexibility index (Phi) is 6.12. The highest BCUT2D eigenvalue weighted by molar-refractivity contribution is 5.46. The number of anilines is 1. The van der Waals surface area contributed by atoms with Crippen LogP contribution in [-0.4, -0.2) is 55.4 Å². The van der Waals surface area contributed by atoms with Crippen molar-refractivity contribution in [2.45, 2.75) is 20.0 Å².